The zero-order chi connectivity index (χ0) is 11.4. The van der Waals surface area contributed by atoms with Gasteiger partial charge in [0.2, 0.25) is 0 Å². The number of ether oxygens (including phenoxy) is 1. The molecular weight excluding hydrogens is 198 g/mol. The molecule has 80 valence electrons. The van der Waals surface area contributed by atoms with Gasteiger partial charge in [0.25, 0.3) is 0 Å². The van der Waals surface area contributed by atoms with E-state index in [0.717, 1.165) is 22.2 Å². The highest BCUT2D eigenvalue weighted by molar-refractivity contribution is 5.80. The Hall–Kier alpha value is -2.01. The van der Waals surface area contributed by atoms with E-state index in [4.69, 9.17) is 4.74 Å². The minimum atomic E-state index is 0.604. The van der Waals surface area contributed by atoms with Crippen molar-refractivity contribution in [3.63, 3.8) is 0 Å². The van der Waals surface area contributed by atoms with Crippen LogP contribution in [0.2, 0.25) is 0 Å². The molecule has 1 aromatic heterocycles. The van der Waals surface area contributed by atoms with Gasteiger partial charge in [-0.25, -0.2) is 0 Å². The van der Waals surface area contributed by atoms with Crippen molar-refractivity contribution in [1.29, 1.82) is 0 Å². The molecule has 0 fully saturated rings. The van der Waals surface area contributed by atoms with Gasteiger partial charge in [0, 0.05) is 10.9 Å². The van der Waals surface area contributed by atoms with Crippen molar-refractivity contribution < 1.29 is 4.74 Å². The molecule has 2 nitrogen and oxygen atoms in total. The summed E-state index contributed by atoms with van der Waals surface area (Å²) in [6.45, 7) is 4.48. The SMILES string of the molecule is CCOC#Cc1cc2ccccc2nc1C. The summed E-state index contributed by atoms with van der Waals surface area (Å²) in [5.74, 6) is 2.97. The Morgan fingerprint density at radius 2 is 2.12 bits per heavy atom. The molecule has 1 aromatic carbocycles. The van der Waals surface area contributed by atoms with Gasteiger partial charge in [-0.05, 0) is 31.9 Å². The van der Waals surface area contributed by atoms with E-state index >= 15 is 0 Å². The van der Waals surface area contributed by atoms with Crippen LogP contribution in [-0.4, -0.2) is 11.6 Å². The van der Waals surface area contributed by atoms with Crippen molar-refractivity contribution in [2.24, 2.45) is 0 Å². The second kappa shape index (κ2) is 4.67. The fourth-order valence-corrected chi connectivity index (χ4v) is 1.50. The number of hydrogen-bond donors (Lipinski definition) is 0. The molecule has 2 rings (SSSR count). The molecule has 0 saturated heterocycles. The average molecular weight is 211 g/mol. The van der Waals surface area contributed by atoms with Crippen LogP contribution in [0.3, 0.4) is 0 Å². The van der Waals surface area contributed by atoms with Crippen molar-refractivity contribution in [2.45, 2.75) is 13.8 Å². The predicted octanol–water partition coefficient (Wildman–Crippen LogP) is 2.89. The van der Waals surface area contributed by atoms with Gasteiger partial charge in [0.05, 0.1) is 17.8 Å². The highest BCUT2D eigenvalue weighted by Gasteiger charge is 1.99. The Balaban J connectivity index is 2.47. The van der Waals surface area contributed by atoms with Gasteiger partial charge in [-0.3, -0.25) is 4.98 Å². The van der Waals surface area contributed by atoms with Crippen molar-refractivity contribution in [1.82, 2.24) is 4.98 Å². The van der Waals surface area contributed by atoms with Gasteiger partial charge in [-0.1, -0.05) is 18.2 Å². The fourth-order valence-electron chi connectivity index (χ4n) is 1.50. The number of benzene rings is 1. The molecule has 2 heteroatoms. The van der Waals surface area contributed by atoms with Crippen LogP contribution in [0.5, 0.6) is 0 Å². The highest BCUT2D eigenvalue weighted by Crippen LogP contribution is 2.15. The summed E-state index contributed by atoms with van der Waals surface area (Å²) in [7, 11) is 0. The summed E-state index contributed by atoms with van der Waals surface area (Å²) in [6, 6.07) is 10.1. The molecule has 0 N–H and O–H groups in total. The molecule has 0 unspecified atom stereocenters. The Labute approximate surface area is 95.3 Å². The molecule has 2 aromatic rings. The summed E-state index contributed by atoms with van der Waals surface area (Å²) in [5, 5.41) is 1.11. The van der Waals surface area contributed by atoms with Crippen LogP contribution in [0.1, 0.15) is 18.2 Å². The largest absolute Gasteiger partial charge is 0.447 e. The lowest BCUT2D eigenvalue weighted by atomic mass is 10.1. The van der Waals surface area contributed by atoms with Gasteiger partial charge in [0.15, 0.2) is 0 Å². The van der Waals surface area contributed by atoms with Crippen LogP contribution in [0.4, 0.5) is 0 Å². The third kappa shape index (κ3) is 2.14. The zero-order valence-electron chi connectivity index (χ0n) is 9.45. The van der Waals surface area contributed by atoms with Crippen LogP contribution in [0.25, 0.3) is 10.9 Å². The smallest absolute Gasteiger partial charge is 0.115 e. The first kappa shape index (κ1) is 10.5. The van der Waals surface area contributed by atoms with E-state index in [1.165, 1.54) is 0 Å². The van der Waals surface area contributed by atoms with Gasteiger partial charge in [0.1, 0.15) is 6.11 Å². The summed E-state index contributed by atoms with van der Waals surface area (Å²) >= 11 is 0. The molecule has 0 amide bonds. The minimum Gasteiger partial charge on any atom is -0.447 e. The number of aromatic nitrogens is 1. The number of nitrogens with zero attached hydrogens (tertiary/aromatic N) is 1. The molecule has 0 aliphatic carbocycles. The number of para-hydroxylation sites is 1. The molecule has 0 saturated carbocycles. The Morgan fingerprint density at radius 3 is 2.94 bits per heavy atom. The van der Waals surface area contributed by atoms with Crippen LogP contribution >= 0.6 is 0 Å². The normalized spacial score (nSPS) is 9.62. The summed E-state index contributed by atoms with van der Waals surface area (Å²) < 4.78 is 5.02. The molecule has 1 heterocycles. The first-order chi connectivity index (χ1) is 7.81. The summed E-state index contributed by atoms with van der Waals surface area (Å²) in [4.78, 5) is 4.50. The monoisotopic (exact) mass is 211 g/mol. The second-order valence-electron chi connectivity index (χ2n) is 3.47. The second-order valence-corrected chi connectivity index (χ2v) is 3.47. The maximum Gasteiger partial charge on any atom is 0.115 e. The van der Waals surface area contributed by atoms with Crippen LogP contribution in [0.15, 0.2) is 30.3 Å². The van der Waals surface area contributed by atoms with E-state index in [0.29, 0.717) is 6.61 Å². The third-order valence-electron chi connectivity index (χ3n) is 2.32. The maximum absolute atomic E-state index is 5.02. The van der Waals surface area contributed by atoms with E-state index in [-0.39, 0.29) is 0 Å². The molecule has 0 bridgehead atoms. The number of pyridine rings is 1. The van der Waals surface area contributed by atoms with Gasteiger partial charge in [-0.15, -0.1) is 0 Å². The van der Waals surface area contributed by atoms with E-state index in [9.17, 15) is 0 Å². The van der Waals surface area contributed by atoms with Crippen LogP contribution in [0, 0.1) is 19.0 Å². The summed E-state index contributed by atoms with van der Waals surface area (Å²) in [6.07, 6.45) is 2.67. The first-order valence-electron chi connectivity index (χ1n) is 5.30. The van der Waals surface area contributed by atoms with Crippen molar-refractivity contribution in [3.8, 4) is 12.0 Å². The Bertz CT molecular complexity index is 564. The molecule has 16 heavy (non-hydrogen) atoms. The highest BCUT2D eigenvalue weighted by atomic mass is 16.5. The first-order valence-corrected chi connectivity index (χ1v) is 5.30. The van der Waals surface area contributed by atoms with Gasteiger partial charge in [-0.2, -0.15) is 0 Å². The number of hydrogen-bond acceptors (Lipinski definition) is 2. The van der Waals surface area contributed by atoms with E-state index in [1.54, 1.807) is 0 Å². The van der Waals surface area contributed by atoms with Crippen molar-refractivity contribution >= 4 is 10.9 Å². The molecule has 0 aliphatic heterocycles. The molecule has 0 spiro atoms. The van der Waals surface area contributed by atoms with E-state index in [2.05, 4.69) is 17.0 Å². The van der Waals surface area contributed by atoms with Crippen LogP contribution in [-0.2, 0) is 4.74 Å². The van der Waals surface area contributed by atoms with E-state index < -0.39 is 0 Å². The lowest BCUT2D eigenvalue weighted by molar-refractivity contribution is 0.299. The number of fused-ring (bicyclic) bond motifs is 1. The van der Waals surface area contributed by atoms with Crippen molar-refractivity contribution in [2.75, 3.05) is 6.61 Å². The zero-order valence-corrected chi connectivity index (χ0v) is 9.45. The average Bonchev–Trinajstić information content (AvgIpc) is 2.30. The number of rotatable bonds is 1. The topological polar surface area (TPSA) is 22.1 Å². The predicted molar refractivity (Wildman–Crippen MR) is 65.0 cm³/mol. The molecular formula is C14H13NO. The lowest BCUT2D eigenvalue weighted by Crippen LogP contribution is -1.89. The van der Waals surface area contributed by atoms with Gasteiger partial charge >= 0.3 is 0 Å². The summed E-state index contributed by atoms with van der Waals surface area (Å²) in [5.41, 5.74) is 2.86. The van der Waals surface area contributed by atoms with Gasteiger partial charge < -0.3 is 4.74 Å². The quantitative estimate of drug-likeness (QED) is 0.677. The number of aryl methyl sites for hydroxylation is 1. The van der Waals surface area contributed by atoms with E-state index in [1.807, 2.05) is 44.2 Å². The molecule has 0 aliphatic rings. The molecule has 0 radical (unpaired) electrons. The Morgan fingerprint density at radius 1 is 1.31 bits per heavy atom. The standard InChI is InChI=1S/C14H13NO/c1-3-16-9-8-12-10-13-6-4-5-7-14(13)15-11(12)2/h4-7,10H,3H2,1-2H3. The van der Waals surface area contributed by atoms with Crippen molar-refractivity contribution in [3.05, 3.63) is 41.6 Å². The Kier molecular flexibility index (Phi) is 3.07. The minimum absolute atomic E-state index is 0.604. The van der Waals surface area contributed by atoms with Crippen LogP contribution < -0.4 is 0 Å². The molecule has 0 atom stereocenters. The lowest BCUT2D eigenvalue weighted by Gasteiger charge is -2.01. The maximum atomic E-state index is 5.02. The third-order valence-corrected chi connectivity index (χ3v) is 2.32. The fraction of sp³-hybridized carbons (Fsp3) is 0.214.